The summed E-state index contributed by atoms with van der Waals surface area (Å²) in [5.74, 6) is 0. The molecule has 0 spiro atoms. The lowest BCUT2D eigenvalue weighted by Crippen LogP contribution is -2.28. The van der Waals surface area contributed by atoms with Crippen molar-refractivity contribution in [3.8, 4) is 0 Å². The van der Waals surface area contributed by atoms with Crippen molar-refractivity contribution in [1.29, 1.82) is 0 Å². The van der Waals surface area contributed by atoms with Gasteiger partial charge in [0.15, 0.2) is 6.20 Å². The van der Waals surface area contributed by atoms with Crippen molar-refractivity contribution in [2.75, 3.05) is 5.32 Å². The molecular weight excluding hydrogens is 208 g/mol. The molecule has 1 aromatic carbocycles. The Balaban J connectivity index is 2.22. The SMILES string of the molecule is C[n+]1ccc(Nc2ccccc2)cc1Cl. The molecule has 0 aliphatic carbocycles. The Labute approximate surface area is 94.1 Å². The van der Waals surface area contributed by atoms with E-state index < -0.39 is 0 Å². The highest BCUT2D eigenvalue weighted by atomic mass is 35.5. The van der Waals surface area contributed by atoms with Crippen LogP contribution in [0.5, 0.6) is 0 Å². The van der Waals surface area contributed by atoms with Gasteiger partial charge in [-0.1, -0.05) is 18.2 Å². The highest BCUT2D eigenvalue weighted by molar-refractivity contribution is 6.28. The first kappa shape index (κ1) is 9.99. The smallest absolute Gasteiger partial charge is 0.276 e. The van der Waals surface area contributed by atoms with Crippen LogP contribution >= 0.6 is 11.6 Å². The van der Waals surface area contributed by atoms with Gasteiger partial charge in [-0.15, -0.1) is 0 Å². The quantitative estimate of drug-likeness (QED) is 0.607. The molecule has 0 amide bonds. The molecule has 2 rings (SSSR count). The molecule has 0 fully saturated rings. The van der Waals surface area contributed by atoms with E-state index in [9.17, 15) is 0 Å². The normalized spacial score (nSPS) is 10.0. The van der Waals surface area contributed by atoms with Gasteiger partial charge in [0.2, 0.25) is 0 Å². The summed E-state index contributed by atoms with van der Waals surface area (Å²) in [6.45, 7) is 0. The number of benzene rings is 1. The number of nitrogens with zero attached hydrogens (tertiary/aromatic N) is 1. The van der Waals surface area contributed by atoms with Gasteiger partial charge in [-0.2, -0.15) is 4.57 Å². The zero-order chi connectivity index (χ0) is 10.7. The maximum absolute atomic E-state index is 6.00. The molecule has 3 heteroatoms. The van der Waals surface area contributed by atoms with E-state index in [1.165, 1.54) is 0 Å². The second-order valence-electron chi connectivity index (χ2n) is 3.34. The molecule has 15 heavy (non-hydrogen) atoms. The summed E-state index contributed by atoms with van der Waals surface area (Å²) in [5, 5.41) is 3.98. The highest BCUT2D eigenvalue weighted by Crippen LogP contribution is 2.16. The van der Waals surface area contributed by atoms with E-state index in [0.29, 0.717) is 5.15 Å². The molecule has 0 saturated heterocycles. The van der Waals surface area contributed by atoms with Gasteiger partial charge in [0, 0.05) is 17.8 Å². The molecule has 0 atom stereocenters. The maximum Gasteiger partial charge on any atom is 0.276 e. The predicted molar refractivity (Wildman–Crippen MR) is 62.4 cm³/mol. The molecule has 1 aromatic heterocycles. The summed E-state index contributed by atoms with van der Waals surface area (Å²) in [6, 6.07) is 13.9. The van der Waals surface area contributed by atoms with Gasteiger partial charge in [-0.05, 0) is 23.7 Å². The summed E-state index contributed by atoms with van der Waals surface area (Å²) in [4.78, 5) is 0. The highest BCUT2D eigenvalue weighted by Gasteiger charge is 2.03. The Morgan fingerprint density at radius 1 is 1.07 bits per heavy atom. The fraction of sp³-hybridized carbons (Fsp3) is 0.0833. The molecule has 2 nitrogen and oxygen atoms in total. The Kier molecular flexibility index (Phi) is 2.88. The van der Waals surface area contributed by atoms with E-state index in [0.717, 1.165) is 11.4 Å². The third-order valence-electron chi connectivity index (χ3n) is 2.15. The van der Waals surface area contributed by atoms with E-state index in [-0.39, 0.29) is 0 Å². The lowest BCUT2D eigenvalue weighted by molar-refractivity contribution is -0.669. The van der Waals surface area contributed by atoms with E-state index in [1.807, 2.05) is 60.3 Å². The van der Waals surface area contributed by atoms with Crippen molar-refractivity contribution in [3.05, 3.63) is 53.8 Å². The standard InChI is InChI=1S/C12H11ClN2/c1-15-8-7-11(9-12(15)13)14-10-5-3-2-4-6-10/h2-9H,1H3/p+1. The van der Waals surface area contributed by atoms with E-state index >= 15 is 0 Å². The molecule has 0 aliphatic heterocycles. The van der Waals surface area contributed by atoms with Crippen LogP contribution in [0.25, 0.3) is 0 Å². The largest absolute Gasteiger partial charge is 0.355 e. The minimum atomic E-state index is 0.705. The summed E-state index contributed by atoms with van der Waals surface area (Å²) < 4.78 is 1.86. The van der Waals surface area contributed by atoms with Crippen LogP contribution in [0.4, 0.5) is 11.4 Å². The summed E-state index contributed by atoms with van der Waals surface area (Å²) in [6.07, 6.45) is 1.92. The first-order valence-corrected chi connectivity index (χ1v) is 5.11. The topological polar surface area (TPSA) is 15.9 Å². The first-order valence-electron chi connectivity index (χ1n) is 4.73. The number of hydrogen-bond acceptors (Lipinski definition) is 1. The van der Waals surface area contributed by atoms with Crippen LogP contribution in [0.3, 0.4) is 0 Å². The van der Waals surface area contributed by atoms with E-state index in [2.05, 4.69) is 5.32 Å². The minimum Gasteiger partial charge on any atom is -0.355 e. The van der Waals surface area contributed by atoms with Crippen LogP contribution in [0.1, 0.15) is 0 Å². The third-order valence-corrected chi connectivity index (χ3v) is 2.53. The molecule has 1 N–H and O–H groups in total. The second-order valence-corrected chi connectivity index (χ2v) is 3.73. The van der Waals surface area contributed by atoms with Gasteiger partial charge < -0.3 is 5.32 Å². The van der Waals surface area contributed by atoms with Crippen molar-refractivity contribution < 1.29 is 4.57 Å². The monoisotopic (exact) mass is 219 g/mol. The number of rotatable bonds is 2. The summed E-state index contributed by atoms with van der Waals surface area (Å²) in [5.41, 5.74) is 2.05. The van der Waals surface area contributed by atoms with Crippen LogP contribution in [-0.2, 0) is 7.05 Å². The zero-order valence-corrected chi connectivity index (χ0v) is 9.20. The van der Waals surface area contributed by atoms with Gasteiger partial charge in [-0.3, -0.25) is 0 Å². The number of aryl methyl sites for hydroxylation is 1. The maximum atomic E-state index is 6.00. The molecule has 76 valence electrons. The molecule has 0 saturated carbocycles. The summed E-state index contributed by atoms with van der Waals surface area (Å²) in [7, 11) is 1.91. The van der Waals surface area contributed by atoms with Crippen molar-refractivity contribution in [1.82, 2.24) is 0 Å². The number of anilines is 2. The molecule has 0 unspecified atom stereocenters. The third kappa shape index (κ3) is 2.48. The van der Waals surface area contributed by atoms with Crippen LogP contribution in [0, 0.1) is 0 Å². The lowest BCUT2D eigenvalue weighted by atomic mass is 10.3. The van der Waals surface area contributed by atoms with Crippen LogP contribution in [-0.4, -0.2) is 0 Å². The number of hydrogen-bond donors (Lipinski definition) is 1. The first-order chi connectivity index (χ1) is 7.25. The van der Waals surface area contributed by atoms with Crippen LogP contribution in [0.2, 0.25) is 5.15 Å². The molecule has 1 heterocycles. The average molecular weight is 220 g/mol. The van der Waals surface area contributed by atoms with E-state index in [4.69, 9.17) is 11.6 Å². The van der Waals surface area contributed by atoms with Gasteiger partial charge in [0.1, 0.15) is 7.05 Å². The number of pyridine rings is 1. The number of halogens is 1. The van der Waals surface area contributed by atoms with Crippen molar-refractivity contribution in [3.63, 3.8) is 0 Å². The van der Waals surface area contributed by atoms with Gasteiger partial charge >= 0.3 is 0 Å². The fourth-order valence-corrected chi connectivity index (χ4v) is 1.48. The van der Waals surface area contributed by atoms with Crippen molar-refractivity contribution in [2.45, 2.75) is 0 Å². The average Bonchev–Trinajstić information content (AvgIpc) is 2.25. The lowest BCUT2D eigenvalue weighted by Gasteiger charge is -2.04. The minimum absolute atomic E-state index is 0.705. The fourth-order valence-electron chi connectivity index (χ4n) is 1.31. The van der Waals surface area contributed by atoms with E-state index in [1.54, 1.807) is 0 Å². The van der Waals surface area contributed by atoms with Gasteiger partial charge in [0.05, 0.1) is 5.69 Å². The number of nitrogens with one attached hydrogen (secondary N) is 1. The predicted octanol–water partition coefficient (Wildman–Crippen LogP) is 2.91. The molecule has 0 aliphatic rings. The van der Waals surface area contributed by atoms with Gasteiger partial charge in [-0.25, -0.2) is 0 Å². The Hall–Kier alpha value is -1.54. The molecule has 0 radical (unpaired) electrons. The number of aromatic nitrogens is 1. The Bertz CT molecular complexity index is 454. The summed E-state index contributed by atoms with van der Waals surface area (Å²) >= 11 is 6.00. The number of para-hydroxylation sites is 1. The van der Waals surface area contributed by atoms with Crippen molar-refractivity contribution in [2.24, 2.45) is 7.05 Å². The molecular formula is C12H12ClN2+. The zero-order valence-electron chi connectivity index (χ0n) is 8.44. The van der Waals surface area contributed by atoms with Crippen molar-refractivity contribution >= 4 is 23.0 Å². The van der Waals surface area contributed by atoms with Gasteiger partial charge in [0.25, 0.3) is 5.15 Å². The Morgan fingerprint density at radius 2 is 1.80 bits per heavy atom. The Morgan fingerprint density at radius 3 is 2.47 bits per heavy atom. The van der Waals surface area contributed by atoms with Crippen LogP contribution < -0.4 is 9.88 Å². The van der Waals surface area contributed by atoms with Crippen LogP contribution in [0.15, 0.2) is 48.7 Å². The molecule has 0 bridgehead atoms. The second kappa shape index (κ2) is 4.32. The molecule has 2 aromatic rings.